The minimum Gasteiger partial charge on any atom is -0.394 e. The number of likely N-dealkylation sites (N-methyl/N-ethyl adjacent to an activating group) is 1. The lowest BCUT2D eigenvalue weighted by Crippen LogP contribution is -2.46. The summed E-state index contributed by atoms with van der Waals surface area (Å²) in [6.45, 7) is 6.36. The van der Waals surface area contributed by atoms with Gasteiger partial charge < -0.3 is 15.2 Å². The van der Waals surface area contributed by atoms with Gasteiger partial charge in [-0.15, -0.1) is 0 Å². The molecule has 3 heteroatoms. The van der Waals surface area contributed by atoms with E-state index in [0.29, 0.717) is 6.10 Å². The van der Waals surface area contributed by atoms with Gasteiger partial charge in [-0.2, -0.15) is 0 Å². The zero-order valence-corrected chi connectivity index (χ0v) is 11.5. The third-order valence-electron chi connectivity index (χ3n) is 3.77. The molecule has 1 rings (SSSR count). The molecule has 0 radical (unpaired) electrons. The third kappa shape index (κ3) is 4.94. The predicted molar refractivity (Wildman–Crippen MR) is 71.2 cm³/mol. The van der Waals surface area contributed by atoms with Crippen LogP contribution in [0.2, 0.25) is 0 Å². The highest BCUT2D eigenvalue weighted by Crippen LogP contribution is 2.31. The molecule has 0 amide bonds. The smallest absolute Gasteiger partial charge is 0.0614 e. The Morgan fingerprint density at radius 3 is 2.76 bits per heavy atom. The van der Waals surface area contributed by atoms with E-state index < -0.39 is 0 Å². The highest BCUT2D eigenvalue weighted by Gasteiger charge is 2.38. The minimum atomic E-state index is -0.0666. The van der Waals surface area contributed by atoms with Crippen molar-refractivity contribution in [2.45, 2.75) is 70.4 Å². The molecular formula is C14H29NO2. The lowest BCUT2D eigenvalue weighted by molar-refractivity contribution is 0.0446. The highest BCUT2D eigenvalue weighted by atomic mass is 16.5. The average molecular weight is 243 g/mol. The SMILES string of the molecule is CCCCCCOC1CCC(CO)(NCC)C1. The van der Waals surface area contributed by atoms with E-state index in [-0.39, 0.29) is 12.1 Å². The van der Waals surface area contributed by atoms with Crippen LogP contribution in [-0.4, -0.2) is 36.5 Å². The van der Waals surface area contributed by atoms with Gasteiger partial charge in [0.05, 0.1) is 12.7 Å². The van der Waals surface area contributed by atoms with Gasteiger partial charge in [-0.05, 0) is 32.2 Å². The van der Waals surface area contributed by atoms with Crippen molar-refractivity contribution in [3.8, 4) is 0 Å². The van der Waals surface area contributed by atoms with E-state index in [4.69, 9.17) is 4.74 Å². The van der Waals surface area contributed by atoms with Gasteiger partial charge in [0.25, 0.3) is 0 Å². The molecule has 3 nitrogen and oxygen atoms in total. The van der Waals surface area contributed by atoms with Crippen LogP contribution in [0.5, 0.6) is 0 Å². The van der Waals surface area contributed by atoms with Crippen molar-refractivity contribution >= 4 is 0 Å². The fourth-order valence-corrected chi connectivity index (χ4v) is 2.73. The molecule has 1 aliphatic rings. The summed E-state index contributed by atoms with van der Waals surface area (Å²) in [6.07, 6.45) is 8.48. The van der Waals surface area contributed by atoms with Crippen molar-refractivity contribution in [3.05, 3.63) is 0 Å². The van der Waals surface area contributed by atoms with Gasteiger partial charge in [0.1, 0.15) is 0 Å². The summed E-state index contributed by atoms with van der Waals surface area (Å²) in [5.41, 5.74) is -0.0666. The van der Waals surface area contributed by atoms with Gasteiger partial charge in [-0.25, -0.2) is 0 Å². The summed E-state index contributed by atoms with van der Waals surface area (Å²) in [7, 11) is 0. The molecule has 2 N–H and O–H groups in total. The molecule has 0 spiro atoms. The molecular weight excluding hydrogens is 214 g/mol. The van der Waals surface area contributed by atoms with Crippen molar-refractivity contribution in [1.82, 2.24) is 5.32 Å². The molecule has 2 unspecified atom stereocenters. The summed E-state index contributed by atoms with van der Waals surface area (Å²) in [5.74, 6) is 0. The maximum absolute atomic E-state index is 9.49. The molecule has 102 valence electrons. The lowest BCUT2D eigenvalue weighted by atomic mass is 9.99. The molecule has 0 saturated heterocycles. The van der Waals surface area contributed by atoms with Gasteiger partial charge in [0.15, 0.2) is 0 Å². The topological polar surface area (TPSA) is 41.5 Å². The number of aliphatic hydroxyl groups is 1. The maximum atomic E-state index is 9.49. The summed E-state index contributed by atoms with van der Waals surface area (Å²) < 4.78 is 5.90. The number of rotatable bonds is 9. The fraction of sp³-hybridized carbons (Fsp3) is 1.00. The first-order chi connectivity index (χ1) is 8.26. The van der Waals surface area contributed by atoms with Crippen molar-refractivity contribution in [2.24, 2.45) is 0 Å². The largest absolute Gasteiger partial charge is 0.394 e. The van der Waals surface area contributed by atoms with Gasteiger partial charge in [0, 0.05) is 12.1 Å². The number of unbranched alkanes of at least 4 members (excludes halogenated alkanes) is 3. The minimum absolute atomic E-state index is 0.0666. The molecule has 17 heavy (non-hydrogen) atoms. The van der Waals surface area contributed by atoms with E-state index in [2.05, 4.69) is 19.2 Å². The van der Waals surface area contributed by atoms with Crippen LogP contribution in [0.4, 0.5) is 0 Å². The zero-order chi connectivity index (χ0) is 12.6. The van der Waals surface area contributed by atoms with Crippen LogP contribution in [0.1, 0.15) is 58.8 Å². The summed E-state index contributed by atoms with van der Waals surface area (Å²) in [6, 6.07) is 0. The van der Waals surface area contributed by atoms with E-state index in [0.717, 1.165) is 32.4 Å². The van der Waals surface area contributed by atoms with Crippen molar-refractivity contribution in [2.75, 3.05) is 19.8 Å². The maximum Gasteiger partial charge on any atom is 0.0614 e. The lowest BCUT2D eigenvalue weighted by Gasteiger charge is -2.27. The Bertz CT molecular complexity index is 199. The Morgan fingerprint density at radius 2 is 2.12 bits per heavy atom. The number of nitrogens with one attached hydrogen (secondary N) is 1. The summed E-state index contributed by atoms with van der Waals surface area (Å²) in [5, 5.41) is 12.9. The molecule has 0 bridgehead atoms. The first-order valence-electron chi connectivity index (χ1n) is 7.24. The Hall–Kier alpha value is -0.120. The molecule has 0 aromatic rings. The average Bonchev–Trinajstić information content (AvgIpc) is 2.74. The van der Waals surface area contributed by atoms with Gasteiger partial charge in [0.2, 0.25) is 0 Å². The number of aliphatic hydroxyl groups excluding tert-OH is 1. The third-order valence-corrected chi connectivity index (χ3v) is 3.77. The molecule has 2 atom stereocenters. The van der Waals surface area contributed by atoms with E-state index in [1.165, 1.54) is 25.7 Å². The number of hydrogen-bond donors (Lipinski definition) is 2. The Kier molecular flexibility index (Phi) is 7.09. The van der Waals surface area contributed by atoms with Gasteiger partial charge in [-0.1, -0.05) is 33.1 Å². The molecule has 1 aliphatic carbocycles. The van der Waals surface area contributed by atoms with Crippen LogP contribution in [-0.2, 0) is 4.74 Å². The predicted octanol–water partition coefficient (Wildman–Crippen LogP) is 2.48. The monoisotopic (exact) mass is 243 g/mol. The highest BCUT2D eigenvalue weighted by molar-refractivity contribution is 4.96. The fourth-order valence-electron chi connectivity index (χ4n) is 2.73. The first kappa shape index (κ1) is 14.9. The molecule has 0 aromatic heterocycles. The first-order valence-corrected chi connectivity index (χ1v) is 7.24. The Morgan fingerprint density at radius 1 is 1.29 bits per heavy atom. The van der Waals surface area contributed by atoms with E-state index in [1.807, 2.05) is 0 Å². The number of hydrogen-bond acceptors (Lipinski definition) is 3. The Labute approximate surface area is 106 Å². The summed E-state index contributed by atoms with van der Waals surface area (Å²) >= 11 is 0. The van der Waals surface area contributed by atoms with Crippen molar-refractivity contribution in [1.29, 1.82) is 0 Å². The van der Waals surface area contributed by atoms with Crippen LogP contribution < -0.4 is 5.32 Å². The second-order valence-electron chi connectivity index (χ2n) is 5.27. The van der Waals surface area contributed by atoms with E-state index in [9.17, 15) is 5.11 Å². The van der Waals surface area contributed by atoms with Crippen LogP contribution >= 0.6 is 0 Å². The summed E-state index contributed by atoms with van der Waals surface area (Å²) in [4.78, 5) is 0. The molecule has 1 saturated carbocycles. The van der Waals surface area contributed by atoms with E-state index in [1.54, 1.807) is 0 Å². The van der Waals surface area contributed by atoms with Crippen molar-refractivity contribution < 1.29 is 9.84 Å². The van der Waals surface area contributed by atoms with Crippen LogP contribution in [0, 0.1) is 0 Å². The van der Waals surface area contributed by atoms with Crippen LogP contribution in [0.15, 0.2) is 0 Å². The van der Waals surface area contributed by atoms with Gasteiger partial charge in [-0.3, -0.25) is 0 Å². The zero-order valence-electron chi connectivity index (χ0n) is 11.5. The Balaban J connectivity index is 2.16. The van der Waals surface area contributed by atoms with Crippen LogP contribution in [0.3, 0.4) is 0 Å². The second kappa shape index (κ2) is 8.06. The molecule has 0 heterocycles. The van der Waals surface area contributed by atoms with Crippen molar-refractivity contribution in [3.63, 3.8) is 0 Å². The standard InChI is InChI=1S/C14H29NO2/c1-3-5-6-7-10-17-13-8-9-14(11-13,12-16)15-4-2/h13,15-16H,3-12H2,1-2H3. The van der Waals surface area contributed by atoms with E-state index >= 15 is 0 Å². The normalized spacial score (nSPS) is 28.8. The molecule has 0 aliphatic heterocycles. The van der Waals surface area contributed by atoms with Gasteiger partial charge >= 0.3 is 0 Å². The second-order valence-corrected chi connectivity index (χ2v) is 5.27. The number of ether oxygens (including phenoxy) is 1. The molecule has 1 fully saturated rings. The quantitative estimate of drug-likeness (QED) is 0.611. The van der Waals surface area contributed by atoms with Crippen LogP contribution in [0.25, 0.3) is 0 Å². The molecule has 0 aromatic carbocycles.